The molecule has 0 amide bonds. The van der Waals surface area contributed by atoms with Crippen LogP contribution in [0.3, 0.4) is 0 Å². The lowest BCUT2D eigenvalue weighted by atomic mass is 9.97. The fraction of sp³-hybridized carbons (Fsp3) is 0.214. The number of aliphatic hydroxyl groups excluding tert-OH is 1. The average molecular weight is 263 g/mol. The highest BCUT2D eigenvalue weighted by atomic mass is 19.1. The van der Waals surface area contributed by atoms with Crippen molar-refractivity contribution in [3.8, 4) is 0 Å². The molecule has 2 rings (SSSR count). The number of rotatable bonds is 3. The molecule has 2 aromatic rings. The molecule has 5 heteroatoms. The van der Waals surface area contributed by atoms with Crippen molar-refractivity contribution in [1.29, 1.82) is 0 Å². The number of halogens is 1. The topological polar surface area (TPSA) is 73.3 Å². The molecule has 4 nitrogen and oxygen atoms in total. The van der Waals surface area contributed by atoms with E-state index in [9.17, 15) is 14.3 Å². The van der Waals surface area contributed by atoms with Gasteiger partial charge in [-0.05, 0) is 37.1 Å². The van der Waals surface area contributed by atoms with Crippen molar-refractivity contribution in [3.63, 3.8) is 0 Å². The Labute approximate surface area is 109 Å². The summed E-state index contributed by atoms with van der Waals surface area (Å²) in [6.07, 6.45) is 0.178. The molecule has 3 N–H and O–H groups in total. The third-order valence-corrected chi connectivity index (χ3v) is 3.01. The summed E-state index contributed by atoms with van der Waals surface area (Å²) in [5, 5.41) is 19.0. The number of carboxylic acid groups (broad SMARTS) is 1. The summed E-state index contributed by atoms with van der Waals surface area (Å²) in [4.78, 5) is 13.3. The molecule has 100 valence electrons. The number of H-pyrrole nitrogens is 1. The van der Waals surface area contributed by atoms with Crippen molar-refractivity contribution in [3.05, 3.63) is 58.2 Å². The minimum atomic E-state index is -1.19. The first-order chi connectivity index (χ1) is 8.90. The molecule has 0 aliphatic carbocycles. The van der Waals surface area contributed by atoms with Gasteiger partial charge in [-0.25, -0.2) is 9.18 Å². The molecule has 0 saturated heterocycles. The van der Waals surface area contributed by atoms with Crippen molar-refractivity contribution < 1.29 is 19.4 Å². The molecule has 0 fully saturated rings. The molecule has 0 aliphatic rings. The quantitative estimate of drug-likeness (QED) is 0.796. The van der Waals surface area contributed by atoms with Gasteiger partial charge in [-0.1, -0.05) is 6.07 Å². The Morgan fingerprint density at radius 3 is 2.53 bits per heavy atom. The zero-order chi connectivity index (χ0) is 14.2. The van der Waals surface area contributed by atoms with E-state index in [-0.39, 0.29) is 11.3 Å². The lowest BCUT2D eigenvalue weighted by Crippen LogP contribution is -2.05. The van der Waals surface area contributed by atoms with E-state index in [0.717, 1.165) is 5.56 Å². The van der Waals surface area contributed by atoms with Crippen molar-refractivity contribution in [2.75, 3.05) is 0 Å². The SMILES string of the molecule is Cc1cc(C)c(C(O)c2c[nH]c(C(=O)O)c2)c(F)c1. The maximum absolute atomic E-state index is 13.9. The highest BCUT2D eigenvalue weighted by Gasteiger charge is 2.20. The molecular weight excluding hydrogens is 249 g/mol. The first kappa shape index (κ1) is 13.3. The van der Waals surface area contributed by atoms with Crippen molar-refractivity contribution in [2.24, 2.45) is 0 Å². The lowest BCUT2D eigenvalue weighted by molar-refractivity contribution is 0.0691. The number of carboxylic acids is 1. The summed E-state index contributed by atoms with van der Waals surface area (Å²) < 4.78 is 13.9. The number of aliphatic hydroxyl groups is 1. The van der Waals surface area contributed by atoms with E-state index in [1.807, 2.05) is 0 Å². The first-order valence-corrected chi connectivity index (χ1v) is 5.76. The second-order valence-corrected chi connectivity index (χ2v) is 4.53. The Hall–Kier alpha value is -2.14. The van der Waals surface area contributed by atoms with Gasteiger partial charge in [0.25, 0.3) is 0 Å². The number of benzene rings is 1. The van der Waals surface area contributed by atoms with E-state index in [2.05, 4.69) is 4.98 Å². The van der Waals surface area contributed by atoms with Gasteiger partial charge in [0.1, 0.15) is 17.6 Å². The van der Waals surface area contributed by atoms with E-state index < -0.39 is 17.9 Å². The highest BCUT2D eigenvalue weighted by molar-refractivity contribution is 5.85. The maximum Gasteiger partial charge on any atom is 0.352 e. The van der Waals surface area contributed by atoms with E-state index in [0.29, 0.717) is 11.1 Å². The molecule has 1 aromatic carbocycles. The van der Waals surface area contributed by atoms with Crippen LogP contribution in [-0.2, 0) is 0 Å². The van der Waals surface area contributed by atoms with Gasteiger partial charge in [-0.2, -0.15) is 0 Å². The average Bonchev–Trinajstić information content (AvgIpc) is 2.76. The van der Waals surface area contributed by atoms with Crippen LogP contribution in [0.15, 0.2) is 24.4 Å². The third-order valence-electron chi connectivity index (χ3n) is 3.01. The first-order valence-electron chi connectivity index (χ1n) is 5.76. The molecule has 1 atom stereocenters. The second kappa shape index (κ2) is 4.85. The molecule has 0 saturated carbocycles. The second-order valence-electron chi connectivity index (χ2n) is 4.53. The van der Waals surface area contributed by atoms with E-state index in [1.54, 1.807) is 19.9 Å². The van der Waals surface area contributed by atoms with E-state index in [1.165, 1.54) is 18.3 Å². The standard InChI is InChI=1S/C14H14FNO3/c1-7-3-8(2)12(10(15)4-7)13(17)9-5-11(14(18)19)16-6-9/h3-6,13,16-17H,1-2H3,(H,18,19). The predicted octanol–water partition coefficient (Wildman–Crippen LogP) is 2.55. The fourth-order valence-corrected chi connectivity index (χ4v) is 2.13. The van der Waals surface area contributed by atoms with Crippen LogP contribution in [0, 0.1) is 19.7 Å². The number of hydrogen-bond acceptors (Lipinski definition) is 2. The largest absolute Gasteiger partial charge is 0.477 e. The monoisotopic (exact) mass is 263 g/mol. The summed E-state index contributed by atoms with van der Waals surface area (Å²) in [6, 6.07) is 4.41. The van der Waals surface area contributed by atoms with Crippen LogP contribution in [0.2, 0.25) is 0 Å². The third kappa shape index (κ3) is 2.51. The van der Waals surface area contributed by atoms with E-state index in [4.69, 9.17) is 5.11 Å². The summed E-state index contributed by atoms with van der Waals surface area (Å²) in [5.41, 5.74) is 1.85. The van der Waals surface area contributed by atoms with Gasteiger partial charge in [0.15, 0.2) is 0 Å². The van der Waals surface area contributed by atoms with Gasteiger partial charge in [0.2, 0.25) is 0 Å². The number of aryl methyl sites for hydroxylation is 2. The number of nitrogens with one attached hydrogen (secondary N) is 1. The summed E-state index contributed by atoms with van der Waals surface area (Å²) in [7, 11) is 0. The zero-order valence-electron chi connectivity index (χ0n) is 10.6. The smallest absolute Gasteiger partial charge is 0.352 e. The molecule has 1 unspecified atom stereocenters. The number of aromatic nitrogens is 1. The Bertz CT molecular complexity index is 610. The Balaban J connectivity index is 2.43. The fourth-order valence-electron chi connectivity index (χ4n) is 2.13. The summed E-state index contributed by atoms with van der Waals surface area (Å²) in [6.45, 7) is 3.48. The normalized spacial score (nSPS) is 12.4. The minimum Gasteiger partial charge on any atom is -0.477 e. The van der Waals surface area contributed by atoms with Crippen molar-refractivity contribution in [2.45, 2.75) is 20.0 Å². The minimum absolute atomic E-state index is 0.0424. The molecular formula is C14H14FNO3. The predicted molar refractivity (Wildman–Crippen MR) is 67.7 cm³/mol. The zero-order valence-corrected chi connectivity index (χ0v) is 10.6. The highest BCUT2D eigenvalue weighted by Crippen LogP contribution is 2.28. The number of carbonyl (C=O) groups is 1. The van der Waals surface area contributed by atoms with Gasteiger partial charge in [-0.15, -0.1) is 0 Å². The van der Waals surface area contributed by atoms with Gasteiger partial charge in [0, 0.05) is 17.3 Å². The van der Waals surface area contributed by atoms with Crippen LogP contribution in [-0.4, -0.2) is 21.2 Å². The molecule has 1 aromatic heterocycles. The van der Waals surface area contributed by atoms with Crippen molar-refractivity contribution >= 4 is 5.97 Å². The molecule has 19 heavy (non-hydrogen) atoms. The number of aromatic carboxylic acids is 1. The van der Waals surface area contributed by atoms with Gasteiger partial charge >= 0.3 is 5.97 Å². The number of hydrogen-bond donors (Lipinski definition) is 3. The van der Waals surface area contributed by atoms with Crippen LogP contribution < -0.4 is 0 Å². The molecule has 0 radical (unpaired) electrons. The number of aromatic amines is 1. The van der Waals surface area contributed by atoms with Crippen LogP contribution >= 0.6 is 0 Å². The van der Waals surface area contributed by atoms with Gasteiger partial charge in [-0.3, -0.25) is 0 Å². The maximum atomic E-state index is 13.9. The molecule has 0 spiro atoms. The Morgan fingerprint density at radius 2 is 2.00 bits per heavy atom. The Kier molecular flexibility index (Phi) is 3.40. The van der Waals surface area contributed by atoms with Gasteiger partial charge < -0.3 is 15.2 Å². The van der Waals surface area contributed by atoms with Crippen LogP contribution in [0.25, 0.3) is 0 Å². The van der Waals surface area contributed by atoms with E-state index >= 15 is 0 Å². The molecule has 0 aliphatic heterocycles. The Morgan fingerprint density at radius 1 is 1.32 bits per heavy atom. The molecule has 1 heterocycles. The van der Waals surface area contributed by atoms with Crippen molar-refractivity contribution in [1.82, 2.24) is 4.98 Å². The lowest BCUT2D eigenvalue weighted by Gasteiger charge is -2.14. The summed E-state index contributed by atoms with van der Waals surface area (Å²) in [5.74, 6) is -1.62. The van der Waals surface area contributed by atoms with Crippen LogP contribution in [0.1, 0.15) is 38.8 Å². The van der Waals surface area contributed by atoms with Crippen LogP contribution in [0.4, 0.5) is 4.39 Å². The van der Waals surface area contributed by atoms with Gasteiger partial charge in [0.05, 0.1) is 0 Å². The van der Waals surface area contributed by atoms with Crippen LogP contribution in [0.5, 0.6) is 0 Å². The summed E-state index contributed by atoms with van der Waals surface area (Å²) >= 11 is 0. The molecule has 0 bridgehead atoms.